The van der Waals surface area contributed by atoms with Gasteiger partial charge in [0.25, 0.3) is 0 Å². The van der Waals surface area contributed by atoms with Crippen molar-refractivity contribution >= 4 is 34.9 Å². The topological polar surface area (TPSA) is 32.3 Å². The number of hydrogen-bond acceptors (Lipinski definition) is 3. The molecule has 0 aliphatic carbocycles. The van der Waals surface area contributed by atoms with Gasteiger partial charge in [0, 0.05) is 30.7 Å². The molecule has 0 bridgehead atoms. The van der Waals surface area contributed by atoms with E-state index in [9.17, 15) is 4.79 Å². The number of hydrogen-bond donors (Lipinski definition) is 1. The maximum absolute atomic E-state index is 12.1. The highest BCUT2D eigenvalue weighted by Crippen LogP contribution is 2.26. The molecule has 1 amide bonds. The van der Waals surface area contributed by atoms with Crippen molar-refractivity contribution in [3.63, 3.8) is 0 Å². The lowest BCUT2D eigenvalue weighted by atomic mass is 10.0. The molecule has 1 atom stereocenters. The molecule has 5 heteroatoms. The summed E-state index contributed by atoms with van der Waals surface area (Å²) in [6, 6.07) is 9.89. The minimum atomic E-state index is -0.0920. The van der Waals surface area contributed by atoms with Crippen molar-refractivity contribution in [2.75, 3.05) is 19.6 Å². The molecule has 1 aliphatic rings. The van der Waals surface area contributed by atoms with Crippen LogP contribution in [-0.2, 0) is 4.79 Å². The molecular weight excluding hydrogens is 328 g/mol. The van der Waals surface area contributed by atoms with E-state index in [0.29, 0.717) is 11.6 Å². The molecule has 23 heavy (non-hydrogen) atoms. The first-order chi connectivity index (χ1) is 11.2. The average Bonchev–Trinajstić information content (AvgIpc) is 3.02. The van der Waals surface area contributed by atoms with E-state index >= 15 is 0 Å². The Morgan fingerprint density at radius 1 is 1.35 bits per heavy atom. The van der Waals surface area contributed by atoms with Gasteiger partial charge < -0.3 is 5.32 Å². The van der Waals surface area contributed by atoms with Gasteiger partial charge in [0.2, 0.25) is 5.91 Å². The van der Waals surface area contributed by atoms with Crippen LogP contribution in [0.25, 0.3) is 6.08 Å². The van der Waals surface area contributed by atoms with Gasteiger partial charge >= 0.3 is 0 Å². The van der Waals surface area contributed by atoms with Crippen molar-refractivity contribution in [3.8, 4) is 0 Å². The molecule has 1 aromatic carbocycles. The average molecular weight is 347 g/mol. The first kappa shape index (κ1) is 16.2. The van der Waals surface area contributed by atoms with E-state index in [-0.39, 0.29) is 11.9 Å². The number of halogens is 1. The Morgan fingerprint density at radius 3 is 2.83 bits per heavy atom. The molecule has 3 rings (SSSR count). The maximum Gasteiger partial charge on any atom is 0.244 e. The Balaban J connectivity index is 1.58. The Labute approximate surface area is 145 Å². The van der Waals surface area contributed by atoms with Gasteiger partial charge in [0.1, 0.15) is 0 Å². The van der Waals surface area contributed by atoms with Gasteiger partial charge in [0.15, 0.2) is 0 Å². The zero-order valence-corrected chi connectivity index (χ0v) is 14.3. The highest BCUT2D eigenvalue weighted by Gasteiger charge is 2.25. The van der Waals surface area contributed by atoms with E-state index in [1.807, 2.05) is 24.3 Å². The van der Waals surface area contributed by atoms with Gasteiger partial charge in [-0.2, -0.15) is 11.3 Å². The number of nitrogens with zero attached hydrogens (tertiary/aromatic N) is 1. The van der Waals surface area contributed by atoms with Crippen molar-refractivity contribution in [2.24, 2.45) is 0 Å². The zero-order chi connectivity index (χ0) is 16.1. The second-order valence-electron chi connectivity index (χ2n) is 5.56. The quantitative estimate of drug-likeness (QED) is 0.802. The van der Waals surface area contributed by atoms with E-state index in [0.717, 1.165) is 18.7 Å². The molecule has 3 nitrogen and oxygen atoms in total. The maximum atomic E-state index is 12.1. The summed E-state index contributed by atoms with van der Waals surface area (Å²) in [6.07, 6.45) is 4.53. The third-order valence-corrected chi connectivity index (χ3v) is 5.09. The smallest absolute Gasteiger partial charge is 0.244 e. The summed E-state index contributed by atoms with van der Waals surface area (Å²) in [5.41, 5.74) is 2.13. The lowest BCUT2D eigenvalue weighted by Gasteiger charge is -2.38. The number of carbonyl (C=O) groups excluding carboxylic acids is 1. The summed E-state index contributed by atoms with van der Waals surface area (Å²) in [5, 5.41) is 7.90. The summed E-state index contributed by atoms with van der Waals surface area (Å²) in [7, 11) is 0. The van der Waals surface area contributed by atoms with Gasteiger partial charge in [0.05, 0.1) is 6.04 Å². The van der Waals surface area contributed by atoms with Crippen LogP contribution < -0.4 is 5.32 Å². The summed E-state index contributed by atoms with van der Waals surface area (Å²) in [4.78, 5) is 14.5. The molecule has 1 aliphatic heterocycles. The molecule has 0 radical (unpaired) electrons. The number of amides is 1. The van der Waals surface area contributed by atoms with Crippen LogP contribution in [0.3, 0.4) is 0 Å². The van der Waals surface area contributed by atoms with E-state index in [1.54, 1.807) is 23.5 Å². The first-order valence-electron chi connectivity index (χ1n) is 7.70. The highest BCUT2D eigenvalue weighted by atomic mass is 35.5. The van der Waals surface area contributed by atoms with Crippen LogP contribution in [0.2, 0.25) is 5.02 Å². The summed E-state index contributed by atoms with van der Waals surface area (Å²) >= 11 is 7.78. The Kier molecular flexibility index (Phi) is 5.49. The normalized spacial score (nSPS) is 16.2. The van der Waals surface area contributed by atoms with E-state index in [2.05, 4.69) is 27.0 Å². The molecule has 1 fully saturated rings. The fourth-order valence-electron chi connectivity index (χ4n) is 2.61. The Bertz CT molecular complexity index is 680. The predicted octanol–water partition coefficient (Wildman–Crippen LogP) is 3.98. The van der Waals surface area contributed by atoms with Crippen LogP contribution in [0.15, 0.2) is 47.2 Å². The van der Waals surface area contributed by atoms with Crippen molar-refractivity contribution in [1.82, 2.24) is 10.2 Å². The minimum absolute atomic E-state index is 0.0920. The predicted molar refractivity (Wildman–Crippen MR) is 96.7 cm³/mol. The Morgan fingerprint density at radius 2 is 2.17 bits per heavy atom. The lowest BCUT2D eigenvalue weighted by molar-refractivity contribution is -0.116. The van der Waals surface area contributed by atoms with Crippen LogP contribution in [0.1, 0.15) is 23.6 Å². The molecule has 1 saturated heterocycles. The molecule has 0 saturated carbocycles. The molecule has 1 unspecified atom stereocenters. The third-order valence-electron chi connectivity index (χ3n) is 4.05. The Hall–Kier alpha value is -1.62. The fourth-order valence-corrected chi connectivity index (χ4v) is 3.51. The second-order valence-corrected chi connectivity index (χ2v) is 6.75. The highest BCUT2D eigenvalue weighted by molar-refractivity contribution is 7.07. The van der Waals surface area contributed by atoms with Gasteiger partial charge in [-0.05, 0) is 46.5 Å². The molecule has 1 aromatic heterocycles. The van der Waals surface area contributed by atoms with E-state index in [1.165, 1.54) is 12.0 Å². The molecule has 1 N–H and O–H groups in total. The van der Waals surface area contributed by atoms with Crippen LogP contribution in [0, 0.1) is 0 Å². The standard InChI is InChI=1S/C18H19ClN2OS/c19-16-5-2-1-4-14(16)6-7-18(22)20-12-17(21-9-3-10-21)15-8-11-23-13-15/h1-2,4-8,11,13,17H,3,9-10,12H2,(H,20,22)/b7-6+. The lowest BCUT2D eigenvalue weighted by Crippen LogP contribution is -2.44. The number of rotatable bonds is 6. The summed E-state index contributed by atoms with van der Waals surface area (Å²) in [5.74, 6) is -0.0920. The SMILES string of the molecule is O=C(/C=C/c1ccccc1Cl)NCC(c1ccsc1)N1CCC1. The van der Waals surface area contributed by atoms with Gasteiger partial charge in [-0.1, -0.05) is 29.8 Å². The van der Waals surface area contributed by atoms with Crippen LogP contribution in [0.5, 0.6) is 0 Å². The molecule has 120 valence electrons. The van der Waals surface area contributed by atoms with Crippen LogP contribution in [-0.4, -0.2) is 30.4 Å². The van der Waals surface area contributed by atoms with Gasteiger partial charge in [-0.3, -0.25) is 9.69 Å². The summed E-state index contributed by atoms with van der Waals surface area (Å²) in [6.45, 7) is 2.83. The number of likely N-dealkylation sites (tertiary alicyclic amines) is 1. The number of thiophene rings is 1. The summed E-state index contributed by atoms with van der Waals surface area (Å²) < 4.78 is 0. The first-order valence-corrected chi connectivity index (χ1v) is 9.03. The zero-order valence-electron chi connectivity index (χ0n) is 12.7. The van der Waals surface area contributed by atoms with Crippen molar-refractivity contribution in [2.45, 2.75) is 12.5 Å². The van der Waals surface area contributed by atoms with E-state index < -0.39 is 0 Å². The van der Waals surface area contributed by atoms with Crippen LogP contribution >= 0.6 is 22.9 Å². The number of carbonyl (C=O) groups is 1. The monoisotopic (exact) mass is 346 g/mol. The molecule has 2 heterocycles. The second kappa shape index (κ2) is 7.77. The van der Waals surface area contributed by atoms with Crippen LogP contribution in [0.4, 0.5) is 0 Å². The molecule has 0 spiro atoms. The van der Waals surface area contributed by atoms with Crippen molar-refractivity contribution < 1.29 is 4.79 Å². The van der Waals surface area contributed by atoms with Crippen molar-refractivity contribution in [3.05, 3.63) is 63.3 Å². The molecular formula is C18H19ClN2OS. The number of nitrogens with one attached hydrogen (secondary N) is 1. The van der Waals surface area contributed by atoms with Gasteiger partial charge in [-0.15, -0.1) is 0 Å². The number of benzene rings is 1. The van der Waals surface area contributed by atoms with E-state index in [4.69, 9.17) is 11.6 Å². The fraction of sp³-hybridized carbons (Fsp3) is 0.278. The molecule has 2 aromatic rings. The third kappa shape index (κ3) is 4.22. The largest absolute Gasteiger partial charge is 0.351 e. The minimum Gasteiger partial charge on any atom is -0.351 e. The van der Waals surface area contributed by atoms with Gasteiger partial charge in [-0.25, -0.2) is 0 Å². The van der Waals surface area contributed by atoms with Crippen molar-refractivity contribution in [1.29, 1.82) is 0 Å².